The summed E-state index contributed by atoms with van der Waals surface area (Å²) in [5.41, 5.74) is 2.07. The first-order valence-corrected chi connectivity index (χ1v) is 8.17. The van der Waals surface area contributed by atoms with Crippen LogP contribution in [0.15, 0.2) is 18.2 Å². The van der Waals surface area contributed by atoms with Crippen LogP contribution in [0.3, 0.4) is 0 Å². The van der Waals surface area contributed by atoms with E-state index in [1.165, 1.54) is 0 Å². The van der Waals surface area contributed by atoms with Gasteiger partial charge in [-0.25, -0.2) is 4.39 Å². The zero-order valence-electron chi connectivity index (χ0n) is 14.1. The highest BCUT2D eigenvalue weighted by molar-refractivity contribution is 5.78. The number of carbonyl (C=O) groups is 1. The maximum absolute atomic E-state index is 13.7. The smallest absolute Gasteiger partial charge is 0.225 e. The molecule has 1 aliphatic heterocycles. The predicted octanol–water partition coefficient (Wildman–Crippen LogP) is 3.25. The van der Waals surface area contributed by atoms with Crippen molar-refractivity contribution in [1.29, 1.82) is 0 Å². The molecule has 0 aliphatic carbocycles. The van der Waals surface area contributed by atoms with Crippen LogP contribution in [0.4, 0.5) is 4.39 Å². The highest BCUT2D eigenvalue weighted by Crippen LogP contribution is 2.19. The lowest BCUT2D eigenvalue weighted by atomic mass is 10.0. The molecule has 1 aliphatic rings. The van der Waals surface area contributed by atoms with Crippen molar-refractivity contribution >= 4 is 5.91 Å². The molecule has 0 aromatic heterocycles. The van der Waals surface area contributed by atoms with Gasteiger partial charge in [-0.3, -0.25) is 9.69 Å². The summed E-state index contributed by atoms with van der Waals surface area (Å²) in [7, 11) is 0. The van der Waals surface area contributed by atoms with E-state index in [1.54, 1.807) is 12.1 Å². The molecule has 0 atom stereocenters. The van der Waals surface area contributed by atoms with E-state index in [9.17, 15) is 9.18 Å². The Hall–Kier alpha value is -1.42. The van der Waals surface area contributed by atoms with Gasteiger partial charge < -0.3 is 4.90 Å². The third kappa shape index (κ3) is 4.29. The molecule has 0 unspecified atom stereocenters. The van der Waals surface area contributed by atoms with Crippen molar-refractivity contribution in [3.8, 4) is 0 Å². The molecular formula is C18H27FN2O. The molecular weight excluding hydrogens is 279 g/mol. The lowest BCUT2D eigenvalue weighted by Gasteiger charge is -2.35. The molecule has 1 saturated heterocycles. The Bertz CT molecular complexity index is 520. The van der Waals surface area contributed by atoms with E-state index >= 15 is 0 Å². The van der Waals surface area contributed by atoms with Gasteiger partial charge in [-0.1, -0.05) is 33.8 Å². The van der Waals surface area contributed by atoms with Gasteiger partial charge in [0.2, 0.25) is 5.91 Å². The van der Waals surface area contributed by atoms with Crippen molar-refractivity contribution < 1.29 is 9.18 Å². The Balaban J connectivity index is 1.95. The van der Waals surface area contributed by atoms with Gasteiger partial charge >= 0.3 is 0 Å². The second-order valence-electron chi connectivity index (χ2n) is 6.80. The second kappa shape index (κ2) is 7.23. The minimum absolute atomic E-state index is 0.0587. The van der Waals surface area contributed by atoms with Crippen LogP contribution in [0.2, 0.25) is 0 Å². The molecule has 122 valence electrons. The number of hydrogen-bond donors (Lipinski definition) is 0. The van der Waals surface area contributed by atoms with Gasteiger partial charge in [0.05, 0.1) is 0 Å². The van der Waals surface area contributed by atoms with Gasteiger partial charge in [0.25, 0.3) is 0 Å². The average molecular weight is 306 g/mol. The molecule has 0 saturated carbocycles. The van der Waals surface area contributed by atoms with Crippen LogP contribution >= 0.6 is 0 Å². The summed E-state index contributed by atoms with van der Waals surface area (Å²) in [6.07, 6.45) is 0. The van der Waals surface area contributed by atoms with E-state index in [-0.39, 0.29) is 17.6 Å². The number of hydrogen-bond acceptors (Lipinski definition) is 2. The monoisotopic (exact) mass is 306 g/mol. The molecule has 1 aromatic rings. The molecule has 1 amide bonds. The van der Waals surface area contributed by atoms with Crippen molar-refractivity contribution in [1.82, 2.24) is 9.80 Å². The first kappa shape index (κ1) is 16.9. The predicted molar refractivity (Wildman–Crippen MR) is 87.2 cm³/mol. The first-order chi connectivity index (χ1) is 10.4. The van der Waals surface area contributed by atoms with Crippen LogP contribution in [0, 0.1) is 11.7 Å². The highest BCUT2D eigenvalue weighted by Gasteiger charge is 2.22. The van der Waals surface area contributed by atoms with Crippen LogP contribution in [0.25, 0.3) is 0 Å². The summed E-state index contributed by atoms with van der Waals surface area (Å²) in [4.78, 5) is 16.2. The van der Waals surface area contributed by atoms with Crippen molar-refractivity contribution in [2.45, 2.75) is 40.2 Å². The summed E-state index contributed by atoms with van der Waals surface area (Å²) < 4.78 is 13.7. The molecule has 0 spiro atoms. The Morgan fingerprint density at radius 3 is 2.27 bits per heavy atom. The maximum atomic E-state index is 13.7. The van der Waals surface area contributed by atoms with Crippen molar-refractivity contribution in [2.24, 2.45) is 5.92 Å². The molecule has 1 heterocycles. The van der Waals surface area contributed by atoms with Gasteiger partial charge in [0.15, 0.2) is 0 Å². The zero-order valence-corrected chi connectivity index (χ0v) is 14.1. The van der Waals surface area contributed by atoms with Crippen molar-refractivity contribution in [2.75, 3.05) is 26.2 Å². The molecule has 1 aromatic carbocycles. The van der Waals surface area contributed by atoms with E-state index in [2.05, 4.69) is 24.8 Å². The van der Waals surface area contributed by atoms with Crippen LogP contribution in [0.1, 0.15) is 44.7 Å². The largest absolute Gasteiger partial charge is 0.340 e. The van der Waals surface area contributed by atoms with E-state index in [4.69, 9.17) is 0 Å². The summed E-state index contributed by atoms with van der Waals surface area (Å²) in [6.45, 7) is 12.0. The minimum Gasteiger partial charge on any atom is -0.340 e. The number of amides is 1. The van der Waals surface area contributed by atoms with Gasteiger partial charge in [-0.15, -0.1) is 0 Å². The first-order valence-electron chi connectivity index (χ1n) is 8.17. The number of halogens is 1. The topological polar surface area (TPSA) is 23.6 Å². The molecule has 0 radical (unpaired) electrons. The number of benzene rings is 1. The Morgan fingerprint density at radius 1 is 1.09 bits per heavy atom. The summed E-state index contributed by atoms with van der Waals surface area (Å²) in [5.74, 6) is 0.459. The molecule has 2 rings (SSSR count). The van der Waals surface area contributed by atoms with E-state index in [1.807, 2.05) is 18.7 Å². The number of piperazine rings is 1. The number of carbonyl (C=O) groups excluding carboxylic acids is 1. The highest BCUT2D eigenvalue weighted by atomic mass is 19.1. The van der Waals surface area contributed by atoms with Crippen LogP contribution in [-0.2, 0) is 11.3 Å². The van der Waals surface area contributed by atoms with Crippen LogP contribution in [-0.4, -0.2) is 41.9 Å². The quantitative estimate of drug-likeness (QED) is 0.852. The van der Waals surface area contributed by atoms with Crippen LogP contribution < -0.4 is 0 Å². The van der Waals surface area contributed by atoms with Gasteiger partial charge in [-0.05, 0) is 29.2 Å². The Kier molecular flexibility index (Phi) is 5.57. The molecule has 0 N–H and O–H groups in total. The molecule has 0 bridgehead atoms. The second-order valence-corrected chi connectivity index (χ2v) is 6.80. The van der Waals surface area contributed by atoms with Crippen molar-refractivity contribution in [3.63, 3.8) is 0 Å². The fraction of sp³-hybridized carbons (Fsp3) is 0.611. The average Bonchev–Trinajstić information content (AvgIpc) is 2.46. The zero-order chi connectivity index (χ0) is 16.3. The third-order valence-corrected chi connectivity index (χ3v) is 4.23. The lowest BCUT2D eigenvalue weighted by Crippen LogP contribution is -2.49. The number of nitrogens with zero attached hydrogens (tertiary/aromatic N) is 2. The van der Waals surface area contributed by atoms with Gasteiger partial charge in [-0.2, -0.15) is 0 Å². The third-order valence-electron chi connectivity index (χ3n) is 4.23. The summed E-state index contributed by atoms with van der Waals surface area (Å²) in [5, 5.41) is 0. The fourth-order valence-corrected chi connectivity index (χ4v) is 2.85. The van der Waals surface area contributed by atoms with E-state index in [0.717, 1.165) is 43.9 Å². The SMILES string of the molecule is CC(C)C(=O)N1CCN(Cc2cc(F)cc(C(C)C)c2)CC1. The minimum atomic E-state index is -0.158. The molecule has 22 heavy (non-hydrogen) atoms. The standard InChI is InChI=1S/C18H27FN2O/c1-13(2)16-9-15(10-17(19)11-16)12-20-5-7-21(8-6-20)18(22)14(3)4/h9-11,13-14H,5-8,12H2,1-4H3. The normalized spacial score (nSPS) is 16.6. The molecule has 4 heteroatoms. The lowest BCUT2D eigenvalue weighted by molar-refractivity contribution is -0.136. The molecule has 1 fully saturated rings. The van der Waals surface area contributed by atoms with Gasteiger partial charge in [0.1, 0.15) is 5.82 Å². The van der Waals surface area contributed by atoms with Crippen molar-refractivity contribution in [3.05, 3.63) is 35.1 Å². The van der Waals surface area contributed by atoms with Gasteiger partial charge in [0, 0.05) is 38.6 Å². The molecule has 3 nitrogen and oxygen atoms in total. The Labute approximate surface area is 133 Å². The fourth-order valence-electron chi connectivity index (χ4n) is 2.85. The summed E-state index contributed by atoms with van der Waals surface area (Å²) in [6, 6.07) is 5.34. The van der Waals surface area contributed by atoms with Crippen LogP contribution in [0.5, 0.6) is 0 Å². The summed E-state index contributed by atoms with van der Waals surface area (Å²) >= 11 is 0. The van der Waals surface area contributed by atoms with E-state index < -0.39 is 0 Å². The Morgan fingerprint density at radius 2 is 1.73 bits per heavy atom. The number of rotatable bonds is 4. The van der Waals surface area contributed by atoms with E-state index in [0.29, 0.717) is 5.92 Å². The maximum Gasteiger partial charge on any atom is 0.225 e.